The number of aliphatic carboxylic acids is 1. The molecule has 202 valence electrons. The Hall–Kier alpha value is -0.790. The molecule has 0 saturated heterocycles. The molecule has 0 bridgehead atoms. The largest absolute Gasteiger partial charge is 0.545 e. The molecule has 0 amide bonds. The number of carboxylic acids is 1. The molecule has 0 spiro atoms. The van der Waals surface area contributed by atoms with Crippen molar-refractivity contribution >= 4 is 5.97 Å². The highest BCUT2D eigenvalue weighted by Crippen LogP contribution is 2.16. The molecule has 0 aliphatic heterocycles. The van der Waals surface area contributed by atoms with Crippen LogP contribution >= 0.6 is 0 Å². The molecular weight excluding hydrogens is 416 g/mol. The number of hydrogen-bond donors (Lipinski definition) is 0. The molecule has 2 nitrogen and oxygen atoms in total. The summed E-state index contributed by atoms with van der Waals surface area (Å²) in [6.07, 6.45) is 38.2. The molecule has 0 saturated carbocycles. The van der Waals surface area contributed by atoms with Crippen LogP contribution in [0.15, 0.2) is 12.2 Å². The van der Waals surface area contributed by atoms with E-state index in [1.165, 1.54) is 161 Å². The fourth-order valence-corrected chi connectivity index (χ4v) is 4.93. The SMILES string of the molecule is C=C(CCCCCCCCCCCCCCCCCCCCCCCCCCCCC)C(=O)[O-]. The molecule has 0 radical (unpaired) electrons. The van der Waals surface area contributed by atoms with Crippen molar-refractivity contribution in [3.05, 3.63) is 12.2 Å². The van der Waals surface area contributed by atoms with Gasteiger partial charge in [-0.05, 0) is 18.4 Å². The Balaban J connectivity index is 3.05. The van der Waals surface area contributed by atoms with Gasteiger partial charge in [-0.2, -0.15) is 0 Å². The van der Waals surface area contributed by atoms with E-state index < -0.39 is 5.97 Å². The first-order chi connectivity index (χ1) is 16.7. The van der Waals surface area contributed by atoms with Crippen LogP contribution in [-0.2, 0) is 4.79 Å². The molecule has 0 N–H and O–H groups in total. The van der Waals surface area contributed by atoms with E-state index in [1.807, 2.05) is 0 Å². The van der Waals surface area contributed by atoms with E-state index in [-0.39, 0.29) is 5.57 Å². The Morgan fingerprint density at radius 2 is 0.647 bits per heavy atom. The zero-order valence-corrected chi connectivity index (χ0v) is 23.3. The van der Waals surface area contributed by atoms with Crippen LogP contribution in [0.4, 0.5) is 0 Å². The lowest BCUT2D eigenvalue weighted by molar-refractivity contribution is -0.299. The summed E-state index contributed by atoms with van der Waals surface area (Å²) < 4.78 is 0. The van der Waals surface area contributed by atoms with Crippen LogP contribution in [0.1, 0.15) is 187 Å². The second-order valence-corrected chi connectivity index (χ2v) is 10.8. The van der Waals surface area contributed by atoms with E-state index in [2.05, 4.69) is 13.5 Å². The first kappa shape index (κ1) is 33.2. The third-order valence-corrected chi connectivity index (χ3v) is 7.37. The highest BCUT2D eigenvalue weighted by Gasteiger charge is 1.98. The maximum atomic E-state index is 10.6. The molecule has 0 fully saturated rings. The molecular formula is C32H61O2-. The highest BCUT2D eigenvalue weighted by atomic mass is 16.4. The van der Waals surface area contributed by atoms with Crippen molar-refractivity contribution in [2.24, 2.45) is 0 Å². The quantitative estimate of drug-likeness (QED) is 0.0793. The van der Waals surface area contributed by atoms with Crippen LogP contribution in [0.25, 0.3) is 0 Å². The molecule has 0 aliphatic rings. The Bertz CT molecular complexity index is 429. The molecule has 0 unspecified atom stereocenters. The van der Waals surface area contributed by atoms with Gasteiger partial charge < -0.3 is 9.90 Å². The summed E-state index contributed by atoms with van der Waals surface area (Å²) in [7, 11) is 0. The predicted octanol–water partition coefficient (Wildman–Crippen LogP) is 10.2. The van der Waals surface area contributed by atoms with Gasteiger partial charge in [0, 0.05) is 0 Å². The Labute approximate surface area is 214 Å². The fraction of sp³-hybridized carbons (Fsp3) is 0.906. The summed E-state index contributed by atoms with van der Waals surface area (Å²) in [6, 6.07) is 0. The standard InChI is InChI=1S/C32H62O2/c1-3-4-5-6-7-8-9-10-11-12-13-14-15-16-17-18-19-20-21-22-23-24-25-26-27-28-29-30-31(2)32(33)34/h2-30H2,1H3,(H,33,34)/p-1. The van der Waals surface area contributed by atoms with Crippen molar-refractivity contribution in [1.82, 2.24) is 0 Å². The Morgan fingerprint density at radius 3 is 0.853 bits per heavy atom. The molecule has 0 aromatic carbocycles. The molecule has 0 atom stereocenters. The lowest BCUT2D eigenvalue weighted by Crippen LogP contribution is -2.23. The van der Waals surface area contributed by atoms with E-state index in [9.17, 15) is 9.90 Å². The van der Waals surface area contributed by atoms with Crippen LogP contribution in [0, 0.1) is 0 Å². The normalized spacial score (nSPS) is 11.2. The number of carbonyl (C=O) groups excluding carboxylic acids is 1. The van der Waals surface area contributed by atoms with Gasteiger partial charge in [0.15, 0.2) is 0 Å². The van der Waals surface area contributed by atoms with Gasteiger partial charge in [0.05, 0.1) is 5.97 Å². The molecule has 2 heteroatoms. The smallest absolute Gasteiger partial charge is 0.0668 e. The molecule has 0 aromatic heterocycles. The molecule has 0 aliphatic carbocycles. The molecule has 34 heavy (non-hydrogen) atoms. The van der Waals surface area contributed by atoms with Gasteiger partial charge in [-0.25, -0.2) is 0 Å². The van der Waals surface area contributed by atoms with Gasteiger partial charge in [-0.15, -0.1) is 0 Å². The summed E-state index contributed by atoms with van der Waals surface area (Å²) in [6.45, 7) is 5.82. The van der Waals surface area contributed by atoms with Crippen molar-refractivity contribution < 1.29 is 9.90 Å². The lowest BCUT2D eigenvalue weighted by atomic mass is 10.0. The van der Waals surface area contributed by atoms with Crippen LogP contribution in [0.3, 0.4) is 0 Å². The van der Waals surface area contributed by atoms with Gasteiger partial charge >= 0.3 is 0 Å². The third-order valence-electron chi connectivity index (χ3n) is 7.37. The van der Waals surface area contributed by atoms with Crippen molar-refractivity contribution in [2.75, 3.05) is 0 Å². The maximum absolute atomic E-state index is 10.6. The highest BCUT2D eigenvalue weighted by molar-refractivity contribution is 5.83. The lowest BCUT2D eigenvalue weighted by Gasteiger charge is -2.06. The van der Waals surface area contributed by atoms with Gasteiger partial charge in [0.1, 0.15) is 0 Å². The minimum atomic E-state index is -1.09. The first-order valence-electron chi connectivity index (χ1n) is 15.6. The topological polar surface area (TPSA) is 40.1 Å². The van der Waals surface area contributed by atoms with Crippen molar-refractivity contribution in [3.63, 3.8) is 0 Å². The van der Waals surface area contributed by atoms with Gasteiger partial charge in [0.2, 0.25) is 0 Å². The minimum absolute atomic E-state index is 0.250. The number of unbranched alkanes of at least 4 members (excludes halogenated alkanes) is 26. The monoisotopic (exact) mass is 477 g/mol. The van der Waals surface area contributed by atoms with E-state index in [4.69, 9.17) is 0 Å². The Kier molecular flexibility index (Phi) is 27.8. The van der Waals surface area contributed by atoms with E-state index >= 15 is 0 Å². The van der Waals surface area contributed by atoms with Crippen LogP contribution in [0.5, 0.6) is 0 Å². The maximum Gasteiger partial charge on any atom is 0.0668 e. The zero-order chi connectivity index (χ0) is 25.0. The number of carbonyl (C=O) groups is 1. The minimum Gasteiger partial charge on any atom is -0.545 e. The number of rotatable bonds is 29. The van der Waals surface area contributed by atoms with Crippen LogP contribution in [-0.4, -0.2) is 5.97 Å². The van der Waals surface area contributed by atoms with Crippen molar-refractivity contribution in [1.29, 1.82) is 0 Å². The predicted molar refractivity (Wildman–Crippen MR) is 149 cm³/mol. The average molecular weight is 478 g/mol. The molecule has 0 rings (SSSR count). The van der Waals surface area contributed by atoms with E-state index in [0.29, 0.717) is 6.42 Å². The van der Waals surface area contributed by atoms with Crippen LogP contribution < -0.4 is 5.11 Å². The van der Waals surface area contributed by atoms with Gasteiger partial charge in [0.25, 0.3) is 0 Å². The van der Waals surface area contributed by atoms with Crippen molar-refractivity contribution in [3.8, 4) is 0 Å². The van der Waals surface area contributed by atoms with Gasteiger partial charge in [-0.3, -0.25) is 0 Å². The fourth-order valence-electron chi connectivity index (χ4n) is 4.93. The van der Waals surface area contributed by atoms with Crippen molar-refractivity contribution in [2.45, 2.75) is 187 Å². The average Bonchev–Trinajstić information content (AvgIpc) is 2.83. The zero-order valence-electron chi connectivity index (χ0n) is 23.3. The summed E-state index contributed by atoms with van der Waals surface area (Å²) in [5.74, 6) is -1.09. The van der Waals surface area contributed by atoms with Gasteiger partial charge in [-0.1, -0.05) is 180 Å². The van der Waals surface area contributed by atoms with E-state index in [0.717, 1.165) is 12.8 Å². The Morgan fingerprint density at radius 1 is 0.441 bits per heavy atom. The summed E-state index contributed by atoms with van der Waals surface area (Å²) in [4.78, 5) is 10.6. The first-order valence-corrected chi connectivity index (χ1v) is 15.6. The molecule has 0 aromatic rings. The summed E-state index contributed by atoms with van der Waals surface area (Å²) in [5.41, 5.74) is 0.250. The molecule has 0 heterocycles. The second kappa shape index (κ2) is 28.4. The third kappa shape index (κ3) is 27.5. The second-order valence-electron chi connectivity index (χ2n) is 10.8. The number of hydrogen-bond acceptors (Lipinski definition) is 2. The van der Waals surface area contributed by atoms with Crippen LogP contribution in [0.2, 0.25) is 0 Å². The number of carboxylic acid groups (broad SMARTS) is 1. The summed E-state index contributed by atoms with van der Waals surface area (Å²) >= 11 is 0. The summed E-state index contributed by atoms with van der Waals surface area (Å²) in [5, 5.41) is 10.6. The van der Waals surface area contributed by atoms with E-state index in [1.54, 1.807) is 0 Å².